The maximum atomic E-state index is 13.2. The van der Waals surface area contributed by atoms with E-state index in [1.54, 1.807) is 0 Å². The summed E-state index contributed by atoms with van der Waals surface area (Å²) in [5, 5.41) is 10.3. The summed E-state index contributed by atoms with van der Waals surface area (Å²) in [5.41, 5.74) is 4.77. The average molecular weight is 320 g/mol. The molecule has 118 valence electrons. The third-order valence-corrected chi connectivity index (χ3v) is 2.33. The molecule has 0 aliphatic rings. The van der Waals surface area contributed by atoms with E-state index in [1.807, 2.05) is 0 Å². The van der Waals surface area contributed by atoms with Crippen molar-refractivity contribution >= 4 is 5.84 Å². The number of oxime groups is 1. The van der Waals surface area contributed by atoms with E-state index in [4.69, 9.17) is 10.9 Å². The van der Waals surface area contributed by atoms with E-state index in [9.17, 15) is 30.7 Å². The molecular weight excluding hydrogens is 313 g/mol. The van der Waals surface area contributed by atoms with Gasteiger partial charge in [-0.1, -0.05) is 5.16 Å². The van der Waals surface area contributed by atoms with Crippen molar-refractivity contribution < 1.29 is 40.7 Å². The maximum Gasteiger partial charge on any atom is 0.402 e. The van der Waals surface area contributed by atoms with Gasteiger partial charge in [0.2, 0.25) is 11.6 Å². The minimum atomic E-state index is -5.07. The van der Waals surface area contributed by atoms with Crippen LogP contribution in [0, 0.1) is 29.2 Å². The second-order valence-electron chi connectivity index (χ2n) is 3.73. The Morgan fingerprint density at radius 2 is 1.67 bits per heavy atom. The third-order valence-electron chi connectivity index (χ3n) is 2.33. The number of nitrogens with two attached hydrogens (primary N) is 1. The number of hydrogen-bond acceptors (Lipinski definition) is 3. The van der Waals surface area contributed by atoms with Crippen LogP contribution in [0.4, 0.5) is 30.7 Å². The van der Waals surface area contributed by atoms with Crippen molar-refractivity contribution in [1.29, 1.82) is 0 Å². The van der Waals surface area contributed by atoms with Crippen LogP contribution >= 0.6 is 0 Å². The molecule has 0 aliphatic heterocycles. The first-order valence-corrected chi connectivity index (χ1v) is 5.09. The Morgan fingerprint density at radius 3 is 2.05 bits per heavy atom. The number of hydrogen-bond donors (Lipinski definition) is 2. The van der Waals surface area contributed by atoms with E-state index in [1.165, 1.54) is 0 Å². The number of benzene rings is 1. The number of alkyl halides is 3. The highest BCUT2D eigenvalue weighted by Gasteiger charge is 2.44. The van der Waals surface area contributed by atoms with Crippen LogP contribution in [-0.2, 0) is 0 Å². The summed E-state index contributed by atoms with van der Waals surface area (Å²) in [6.45, 7) is -1.55. The smallest absolute Gasteiger partial charge is 0.402 e. The molecule has 0 amide bonds. The Labute approximate surface area is 112 Å². The first-order valence-electron chi connectivity index (χ1n) is 5.09. The Bertz CT molecular complexity index is 533. The molecule has 0 radical (unpaired) electrons. The maximum absolute atomic E-state index is 13.2. The highest BCUT2D eigenvalue weighted by atomic mass is 19.4. The SMILES string of the molecule is N/C(=N/O)C(COc1c(F)c(F)cc(F)c1F)C(F)(F)F. The fraction of sp³-hybridized carbons (Fsp3) is 0.300. The highest BCUT2D eigenvalue weighted by Crippen LogP contribution is 2.30. The number of nitrogens with zero attached hydrogens (tertiary/aromatic N) is 1. The van der Waals surface area contributed by atoms with Crippen LogP contribution in [-0.4, -0.2) is 23.8 Å². The van der Waals surface area contributed by atoms with E-state index in [-0.39, 0.29) is 6.07 Å². The minimum absolute atomic E-state index is 0.137. The number of rotatable bonds is 4. The zero-order valence-electron chi connectivity index (χ0n) is 9.89. The molecule has 0 aliphatic carbocycles. The summed E-state index contributed by atoms with van der Waals surface area (Å²) >= 11 is 0. The monoisotopic (exact) mass is 320 g/mol. The molecule has 4 nitrogen and oxygen atoms in total. The van der Waals surface area contributed by atoms with E-state index < -0.39 is 53.6 Å². The van der Waals surface area contributed by atoms with Crippen LogP contribution in [0.3, 0.4) is 0 Å². The van der Waals surface area contributed by atoms with Gasteiger partial charge in [-0.2, -0.15) is 22.0 Å². The van der Waals surface area contributed by atoms with Gasteiger partial charge in [0.05, 0.1) is 0 Å². The molecule has 0 saturated carbocycles. The largest absolute Gasteiger partial charge is 0.486 e. The lowest BCUT2D eigenvalue weighted by Crippen LogP contribution is -2.40. The van der Waals surface area contributed by atoms with Crippen LogP contribution in [0.5, 0.6) is 5.75 Å². The predicted molar refractivity (Wildman–Crippen MR) is 54.7 cm³/mol. The lowest BCUT2D eigenvalue weighted by atomic mass is 10.1. The van der Waals surface area contributed by atoms with Gasteiger partial charge in [-0.25, -0.2) is 8.78 Å². The Balaban J connectivity index is 3.07. The second-order valence-corrected chi connectivity index (χ2v) is 3.73. The van der Waals surface area contributed by atoms with Gasteiger partial charge in [-0.3, -0.25) is 0 Å². The molecule has 1 unspecified atom stereocenters. The van der Waals surface area contributed by atoms with Gasteiger partial charge in [-0.15, -0.1) is 0 Å². The molecular formula is C10H7F7N2O2. The van der Waals surface area contributed by atoms with Crippen molar-refractivity contribution in [1.82, 2.24) is 0 Å². The summed E-state index contributed by atoms with van der Waals surface area (Å²) in [6.07, 6.45) is -5.07. The van der Waals surface area contributed by atoms with Gasteiger partial charge in [0, 0.05) is 6.07 Å². The number of halogens is 7. The Morgan fingerprint density at radius 1 is 1.19 bits per heavy atom. The van der Waals surface area contributed by atoms with Gasteiger partial charge in [0.15, 0.2) is 23.2 Å². The number of ether oxygens (including phenoxy) is 1. The van der Waals surface area contributed by atoms with Crippen LogP contribution in [0.25, 0.3) is 0 Å². The fourth-order valence-corrected chi connectivity index (χ4v) is 1.26. The van der Waals surface area contributed by atoms with Gasteiger partial charge in [-0.05, 0) is 0 Å². The van der Waals surface area contributed by atoms with Gasteiger partial charge in [0.1, 0.15) is 12.5 Å². The van der Waals surface area contributed by atoms with Gasteiger partial charge < -0.3 is 15.7 Å². The van der Waals surface area contributed by atoms with Crippen LogP contribution < -0.4 is 10.5 Å². The molecule has 1 atom stereocenters. The summed E-state index contributed by atoms with van der Waals surface area (Å²) in [6, 6.07) is -0.137. The molecule has 0 spiro atoms. The molecule has 0 bridgehead atoms. The van der Waals surface area contributed by atoms with Crippen LogP contribution in [0.1, 0.15) is 0 Å². The third kappa shape index (κ3) is 3.67. The van der Waals surface area contributed by atoms with E-state index in [2.05, 4.69) is 9.89 Å². The molecule has 1 aromatic carbocycles. The highest BCUT2D eigenvalue weighted by molar-refractivity contribution is 5.83. The van der Waals surface area contributed by atoms with E-state index >= 15 is 0 Å². The normalized spacial score (nSPS) is 14.1. The zero-order chi connectivity index (χ0) is 16.4. The van der Waals surface area contributed by atoms with Crippen molar-refractivity contribution in [3.63, 3.8) is 0 Å². The molecule has 0 aromatic heterocycles. The Kier molecular flexibility index (Phi) is 4.86. The lowest BCUT2D eigenvalue weighted by molar-refractivity contribution is -0.162. The van der Waals surface area contributed by atoms with Gasteiger partial charge in [0.25, 0.3) is 0 Å². The Hall–Kier alpha value is -2.20. The van der Waals surface area contributed by atoms with E-state index in [0.717, 1.165) is 0 Å². The molecule has 1 rings (SSSR count). The predicted octanol–water partition coefficient (Wildman–Crippen LogP) is 2.55. The molecule has 0 fully saturated rings. The van der Waals surface area contributed by atoms with Crippen molar-refractivity contribution in [3.8, 4) is 5.75 Å². The zero-order valence-corrected chi connectivity index (χ0v) is 9.89. The molecule has 11 heteroatoms. The second kappa shape index (κ2) is 6.06. The quantitative estimate of drug-likeness (QED) is 0.224. The average Bonchev–Trinajstić information content (AvgIpc) is 2.38. The minimum Gasteiger partial charge on any atom is -0.486 e. The molecule has 0 heterocycles. The van der Waals surface area contributed by atoms with Crippen LogP contribution in [0.2, 0.25) is 0 Å². The summed E-state index contributed by atoms with van der Waals surface area (Å²) in [7, 11) is 0. The summed E-state index contributed by atoms with van der Waals surface area (Å²) < 4.78 is 93.7. The standard InChI is InChI=1S/C10H7F7N2O2/c11-4-1-5(12)7(14)8(6(4)13)21-2-3(9(18)19-20)10(15,16)17/h1,3,20H,2H2,(H2,18,19). The molecule has 3 N–H and O–H groups in total. The summed E-state index contributed by atoms with van der Waals surface area (Å²) in [5.74, 6) is -13.5. The lowest BCUT2D eigenvalue weighted by Gasteiger charge is -2.19. The van der Waals surface area contributed by atoms with Crippen molar-refractivity contribution in [3.05, 3.63) is 29.3 Å². The van der Waals surface area contributed by atoms with E-state index in [0.29, 0.717) is 0 Å². The van der Waals surface area contributed by atoms with Crippen molar-refractivity contribution in [2.24, 2.45) is 16.8 Å². The molecule has 21 heavy (non-hydrogen) atoms. The molecule has 0 saturated heterocycles. The van der Waals surface area contributed by atoms with Gasteiger partial charge >= 0.3 is 6.18 Å². The van der Waals surface area contributed by atoms with Crippen LogP contribution in [0.15, 0.2) is 11.2 Å². The first kappa shape index (κ1) is 16.9. The topological polar surface area (TPSA) is 67.8 Å². The molecule has 1 aromatic rings. The van der Waals surface area contributed by atoms with Crippen molar-refractivity contribution in [2.75, 3.05) is 6.61 Å². The fourth-order valence-electron chi connectivity index (χ4n) is 1.26. The van der Waals surface area contributed by atoms with Crippen molar-refractivity contribution in [2.45, 2.75) is 6.18 Å². The number of amidine groups is 1. The first-order chi connectivity index (χ1) is 9.59. The summed E-state index contributed by atoms with van der Waals surface area (Å²) in [4.78, 5) is 0.